The number of nitrogens with zero attached hydrogens (tertiary/aromatic N) is 2. The van der Waals surface area contributed by atoms with Gasteiger partial charge in [-0.05, 0) is 75.8 Å². The number of H-pyrrole nitrogens is 1. The molecule has 0 spiro atoms. The molecule has 0 aliphatic carbocycles. The van der Waals surface area contributed by atoms with Crippen molar-refractivity contribution in [1.82, 2.24) is 14.9 Å². The van der Waals surface area contributed by atoms with Gasteiger partial charge < -0.3 is 19.6 Å². The van der Waals surface area contributed by atoms with Crippen molar-refractivity contribution in [1.29, 1.82) is 0 Å². The molecule has 2 aliphatic rings. The van der Waals surface area contributed by atoms with Gasteiger partial charge in [-0.2, -0.15) is 0 Å². The normalized spacial score (nSPS) is 24.9. The van der Waals surface area contributed by atoms with Gasteiger partial charge in [0.2, 0.25) is 0 Å². The topological polar surface area (TPSA) is 87.7 Å². The van der Waals surface area contributed by atoms with Crippen LogP contribution in [0.4, 0.5) is 0 Å². The van der Waals surface area contributed by atoms with E-state index < -0.39 is 5.97 Å². The molecule has 180 valence electrons. The van der Waals surface area contributed by atoms with Crippen molar-refractivity contribution in [2.24, 2.45) is 0 Å². The number of hydrogen-bond acceptors (Lipinski definition) is 5. The maximum Gasteiger partial charge on any atom is 0.337 e. The average Bonchev–Trinajstić information content (AvgIpc) is 3.32. The SMILES string of the molecule is CCO[C@@H]1C[C@H]2CCCC(c3ccc(C(=O)O)cn3)(C1)N2Cc1c(OC)cc(C)c2[nH]ccc12. The van der Waals surface area contributed by atoms with Crippen LogP contribution in [-0.4, -0.2) is 51.8 Å². The number of ether oxygens (including phenoxy) is 2. The fourth-order valence-electron chi connectivity index (χ4n) is 6.28. The van der Waals surface area contributed by atoms with Gasteiger partial charge in [-0.15, -0.1) is 0 Å². The summed E-state index contributed by atoms with van der Waals surface area (Å²) in [4.78, 5) is 22.2. The first-order chi connectivity index (χ1) is 16.5. The van der Waals surface area contributed by atoms with E-state index in [1.165, 1.54) is 17.1 Å². The minimum Gasteiger partial charge on any atom is -0.496 e. The number of fused-ring (bicyclic) bond motifs is 3. The lowest BCUT2D eigenvalue weighted by Gasteiger charge is -2.56. The van der Waals surface area contributed by atoms with E-state index in [0.29, 0.717) is 12.6 Å². The van der Waals surface area contributed by atoms with E-state index in [4.69, 9.17) is 14.5 Å². The van der Waals surface area contributed by atoms with Crippen LogP contribution in [0, 0.1) is 6.92 Å². The second-order valence-corrected chi connectivity index (χ2v) is 9.60. The van der Waals surface area contributed by atoms with Crippen LogP contribution >= 0.6 is 0 Å². The number of nitrogens with one attached hydrogen (secondary N) is 1. The molecule has 2 aromatic heterocycles. The first-order valence-corrected chi connectivity index (χ1v) is 12.2. The van der Waals surface area contributed by atoms with Crippen LogP contribution in [0.2, 0.25) is 0 Å². The molecule has 7 heteroatoms. The van der Waals surface area contributed by atoms with Gasteiger partial charge in [0, 0.05) is 48.1 Å². The summed E-state index contributed by atoms with van der Waals surface area (Å²) in [6.45, 7) is 5.58. The summed E-state index contributed by atoms with van der Waals surface area (Å²) in [5, 5.41) is 10.6. The van der Waals surface area contributed by atoms with Crippen LogP contribution in [0.15, 0.2) is 36.7 Å². The third-order valence-corrected chi connectivity index (χ3v) is 7.77. The molecular weight excluding hydrogens is 430 g/mol. The first kappa shape index (κ1) is 22.9. The van der Waals surface area contributed by atoms with Crippen molar-refractivity contribution in [3.63, 3.8) is 0 Å². The zero-order valence-electron chi connectivity index (χ0n) is 20.1. The van der Waals surface area contributed by atoms with E-state index in [1.807, 2.05) is 12.3 Å². The highest BCUT2D eigenvalue weighted by Crippen LogP contribution is 2.50. The second-order valence-electron chi connectivity index (χ2n) is 9.60. The maximum absolute atomic E-state index is 11.5. The second kappa shape index (κ2) is 9.04. The fraction of sp³-hybridized carbons (Fsp3) is 0.481. The van der Waals surface area contributed by atoms with E-state index in [2.05, 4.69) is 35.9 Å². The molecule has 1 unspecified atom stereocenters. The fourth-order valence-corrected chi connectivity index (χ4v) is 6.28. The number of methoxy groups -OCH3 is 1. The minimum absolute atomic E-state index is 0.166. The number of carboxylic acid groups (broad SMARTS) is 1. The Morgan fingerprint density at radius 3 is 2.91 bits per heavy atom. The number of rotatable bonds is 7. The average molecular weight is 464 g/mol. The van der Waals surface area contributed by atoms with Gasteiger partial charge in [-0.1, -0.05) is 0 Å². The number of pyridine rings is 1. The number of hydrogen-bond donors (Lipinski definition) is 2. The Kier molecular flexibility index (Phi) is 6.08. The summed E-state index contributed by atoms with van der Waals surface area (Å²) < 4.78 is 12.0. The van der Waals surface area contributed by atoms with E-state index in [0.717, 1.165) is 61.2 Å². The Bertz CT molecular complexity index is 1190. The molecule has 2 saturated heterocycles. The number of aromatic nitrogens is 2. The van der Waals surface area contributed by atoms with Crippen molar-refractivity contribution < 1.29 is 19.4 Å². The molecule has 2 fully saturated rings. The summed E-state index contributed by atoms with van der Waals surface area (Å²) in [5.41, 5.74) is 4.32. The Labute approximate surface area is 200 Å². The number of aryl methyl sites for hydroxylation is 1. The van der Waals surface area contributed by atoms with Gasteiger partial charge >= 0.3 is 5.97 Å². The lowest BCUT2D eigenvalue weighted by Crippen LogP contribution is -2.60. The van der Waals surface area contributed by atoms with Gasteiger partial charge in [0.05, 0.1) is 30.0 Å². The zero-order valence-corrected chi connectivity index (χ0v) is 20.1. The van der Waals surface area contributed by atoms with Crippen LogP contribution in [-0.2, 0) is 16.8 Å². The molecule has 2 bridgehead atoms. The van der Waals surface area contributed by atoms with Gasteiger partial charge in [0.1, 0.15) is 5.75 Å². The molecular formula is C27H33N3O4. The molecule has 34 heavy (non-hydrogen) atoms. The summed E-state index contributed by atoms with van der Waals surface area (Å²) in [7, 11) is 1.74. The van der Waals surface area contributed by atoms with Gasteiger partial charge in [0.25, 0.3) is 0 Å². The van der Waals surface area contributed by atoms with Gasteiger partial charge in [-0.25, -0.2) is 4.79 Å². The summed E-state index contributed by atoms with van der Waals surface area (Å²) in [6.07, 6.45) is 8.70. The Hall–Kier alpha value is -2.90. The highest BCUT2D eigenvalue weighted by Gasteiger charge is 2.51. The standard InChI is InChI=1S/C27H33N3O4/c1-4-34-20-13-19-6-5-10-27(14-20,24-8-7-18(15-29-24)26(31)32)30(19)16-22-21-9-11-28-25(21)17(2)12-23(22)33-3/h7-9,11-12,15,19-20,28H,4-6,10,13-14,16H2,1-3H3,(H,31,32)/t19-,20-,27?/m1/s1. The molecule has 3 aromatic rings. The summed E-state index contributed by atoms with van der Waals surface area (Å²) in [5.74, 6) is -0.0519. The number of aromatic amines is 1. The highest BCUT2D eigenvalue weighted by atomic mass is 16.5. The minimum atomic E-state index is -0.954. The highest BCUT2D eigenvalue weighted by molar-refractivity contribution is 5.88. The third kappa shape index (κ3) is 3.77. The van der Waals surface area contributed by atoms with Crippen LogP contribution < -0.4 is 4.74 Å². The molecule has 2 N–H and O–H groups in total. The van der Waals surface area contributed by atoms with E-state index in [1.54, 1.807) is 13.2 Å². The molecule has 5 rings (SSSR count). The van der Waals surface area contributed by atoms with Crippen LogP contribution in [0.5, 0.6) is 5.75 Å². The van der Waals surface area contributed by atoms with Crippen molar-refractivity contribution in [3.05, 3.63) is 59.0 Å². The molecule has 4 heterocycles. The van der Waals surface area contributed by atoms with E-state index in [-0.39, 0.29) is 17.2 Å². The summed E-state index contributed by atoms with van der Waals surface area (Å²) >= 11 is 0. The van der Waals surface area contributed by atoms with Crippen LogP contribution in [0.25, 0.3) is 10.9 Å². The van der Waals surface area contributed by atoms with Crippen LogP contribution in [0.1, 0.15) is 66.2 Å². The van der Waals surface area contributed by atoms with E-state index >= 15 is 0 Å². The number of aromatic carboxylic acids is 1. The Morgan fingerprint density at radius 1 is 1.35 bits per heavy atom. The van der Waals surface area contributed by atoms with Crippen molar-refractivity contribution in [2.45, 2.75) is 70.2 Å². The largest absolute Gasteiger partial charge is 0.496 e. The molecule has 0 saturated carbocycles. The molecule has 2 aliphatic heterocycles. The maximum atomic E-state index is 11.5. The predicted molar refractivity (Wildman–Crippen MR) is 130 cm³/mol. The van der Waals surface area contributed by atoms with Crippen molar-refractivity contribution in [3.8, 4) is 5.75 Å². The monoisotopic (exact) mass is 463 g/mol. The number of carboxylic acids is 1. The number of piperidine rings is 2. The van der Waals surface area contributed by atoms with Gasteiger partial charge in [0.15, 0.2) is 0 Å². The third-order valence-electron chi connectivity index (χ3n) is 7.77. The molecule has 3 atom stereocenters. The molecule has 7 nitrogen and oxygen atoms in total. The smallest absolute Gasteiger partial charge is 0.337 e. The van der Waals surface area contributed by atoms with Crippen molar-refractivity contribution in [2.75, 3.05) is 13.7 Å². The Balaban J connectivity index is 1.61. The molecule has 0 radical (unpaired) electrons. The first-order valence-electron chi connectivity index (χ1n) is 12.2. The Morgan fingerprint density at radius 2 is 2.21 bits per heavy atom. The number of carbonyl (C=O) groups is 1. The predicted octanol–water partition coefficient (Wildman–Crippen LogP) is 5.03. The van der Waals surface area contributed by atoms with Crippen LogP contribution in [0.3, 0.4) is 0 Å². The lowest BCUT2D eigenvalue weighted by atomic mass is 9.70. The summed E-state index contributed by atoms with van der Waals surface area (Å²) in [6, 6.07) is 8.20. The number of benzene rings is 1. The lowest BCUT2D eigenvalue weighted by molar-refractivity contribution is -0.117. The van der Waals surface area contributed by atoms with Gasteiger partial charge in [-0.3, -0.25) is 9.88 Å². The molecule has 0 amide bonds. The van der Waals surface area contributed by atoms with E-state index in [9.17, 15) is 9.90 Å². The molecule has 1 aromatic carbocycles. The zero-order chi connectivity index (χ0) is 23.9. The quantitative estimate of drug-likeness (QED) is 0.511. The van der Waals surface area contributed by atoms with Crippen molar-refractivity contribution >= 4 is 16.9 Å².